The summed E-state index contributed by atoms with van der Waals surface area (Å²) in [5, 5.41) is 3.67. The molecular formula is C14H30N2. The van der Waals surface area contributed by atoms with E-state index in [9.17, 15) is 0 Å². The third kappa shape index (κ3) is 4.42. The van der Waals surface area contributed by atoms with Gasteiger partial charge in [0, 0.05) is 18.6 Å². The summed E-state index contributed by atoms with van der Waals surface area (Å²) in [6, 6.07) is 1.57. The van der Waals surface area contributed by atoms with Crippen LogP contribution in [0.25, 0.3) is 0 Å². The van der Waals surface area contributed by atoms with Gasteiger partial charge >= 0.3 is 0 Å². The third-order valence-corrected chi connectivity index (χ3v) is 3.88. The molecule has 0 spiro atoms. The van der Waals surface area contributed by atoms with E-state index in [1.54, 1.807) is 0 Å². The first-order valence-electron chi connectivity index (χ1n) is 7.29. The van der Waals surface area contributed by atoms with Crippen LogP contribution in [0.2, 0.25) is 0 Å². The molecule has 0 heterocycles. The zero-order valence-corrected chi connectivity index (χ0v) is 11.5. The maximum absolute atomic E-state index is 3.67. The quantitative estimate of drug-likeness (QED) is 0.684. The first-order chi connectivity index (χ1) is 7.81. The van der Waals surface area contributed by atoms with Crippen molar-refractivity contribution >= 4 is 0 Å². The molecule has 0 saturated heterocycles. The summed E-state index contributed by atoms with van der Waals surface area (Å²) in [5.41, 5.74) is 0. The van der Waals surface area contributed by atoms with Crippen LogP contribution < -0.4 is 5.32 Å². The van der Waals surface area contributed by atoms with E-state index in [-0.39, 0.29) is 0 Å². The van der Waals surface area contributed by atoms with E-state index < -0.39 is 0 Å². The van der Waals surface area contributed by atoms with Crippen LogP contribution in [0.3, 0.4) is 0 Å². The minimum atomic E-state index is 0.695. The van der Waals surface area contributed by atoms with Crippen molar-refractivity contribution in [1.29, 1.82) is 0 Å². The van der Waals surface area contributed by atoms with Gasteiger partial charge in [-0.05, 0) is 38.8 Å². The number of hydrogen-bond donors (Lipinski definition) is 1. The molecule has 1 saturated carbocycles. The number of hydrogen-bond acceptors (Lipinski definition) is 2. The van der Waals surface area contributed by atoms with E-state index in [1.807, 2.05) is 0 Å². The molecule has 0 aromatic carbocycles. The second-order valence-electron chi connectivity index (χ2n) is 5.09. The van der Waals surface area contributed by atoms with E-state index in [0.29, 0.717) is 6.04 Å². The zero-order chi connectivity index (χ0) is 11.8. The number of nitrogens with one attached hydrogen (secondary N) is 1. The van der Waals surface area contributed by atoms with Gasteiger partial charge in [-0.3, -0.25) is 4.90 Å². The second-order valence-corrected chi connectivity index (χ2v) is 5.09. The fourth-order valence-corrected chi connectivity index (χ4v) is 2.78. The van der Waals surface area contributed by atoms with Gasteiger partial charge in [-0.25, -0.2) is 0 Å². The molecule has 1 N–H and O–H groups in total. The van der Waals surface area contributed by atoms with Crippen molar-refractivity contribution in [3.63, 3.8) is 0 Å². The smallest absolute Gasteiger partial charge is 0.0192 e. The van der Waals surface area contributed by atoms with Crippen LogP contribution in [0, 0.1) is 0 Å². The molecule has 16 heavy (non-hydrogen) atoms. The SMILES string of the molecule is CCCNC(CC)CN(CC)C1CCCC1. The Bertz CT molecular complexity index is 164. The summed E-state index contributed by atoms with van der Waals surface area (Å²) in [5.74, 6) is 0. The average Bonchev–Trinajstić information content (AvgIpc) is 2.83. The predicted octanol–water partition coefficient (Wildman–Crippen LogP) is 3.03. The van der Waals surface area contributed by atoms with E-state index >= 15 is 0 Å². The van der Waals surface area contributed by atoms with Crippen molar-refractivity contribution in [1.82, 2.24) is 10.2 Å². The summed E-state index contributed by atoms with van der Waals surface area (Å²) in [4.78, 5) is 2.70. The maximum Gasteiger partial charge on any atom is 0.0192 e. The largest absolute Gasteiger partial charge is 0.313 e. The van der Waals surface area contributed by atoms with Gasteiger partial charge in [0.25, 0.3) is 0 Å². The first-order valence-corrected chi connectivity index (χ1v) is 7.29. The van der Waals surface area contributed by atoms with Crippen LogP contribution >= 0.6 is 0 Å². The minimum Gasteiger partial charge on any atom is -0.313 e. The number of rotatable bonds is 8. The van der Waals surface area contributed by atoms with Crippen LogP contribution in [0.4, 0.5) is 0 Å². The van der Waals surface area contributed by atoms with E-state index in [2.05, 4.69) is 31.0 Å². The van der Waals surface area contributed by atoms with Crippen molar-refractivity contribution in [2.75, 3.05) is 19.6 Å². The van der Waals surface area contributed by atoms with E-state index in [0.717, 1.165) is 6.04 Å². The normalized spacial score (nSPS) is 19.5. The predicted molar refractivity (Wildman–Crippen MR) is 71.9 cm³/mol. The summed E-state index contributed by atoms with van der Waals surface area (Å²) < 4.78 is 0. The summed E-state index contributed by atoms with van der Waals surface area (Å²) in [6.07, 6.45) is 8.24. The highest BCUT2D eigenvalue weighted by Gasteiger charge is 2.22. The molecule has 0 amide bonds. The lowest BCUT2D eigenvalue weighted by atomic mass is 10.1. The Labute approximate surface area is 102 Å². The molecular weight excluding hydrogens is 196 g/mol. The fourth-order valence-electron chi connectivity index (χ4n) is 2.78. The molecule has 0 bridgehead atoms. The Balaban J connectivity index is 2.33. The maximum atomic E-state index is 3.67. The standard InChI is InChI=1S/C14H30N2/c1-4-11-15-13(5-2)12-16(6-3)14-9-7-8-10-14/h13-15H,4-12H2,1-3H3. The van der Waals surface area contributed by atoms with Gasteiger partial charge in [-0.15, -0.1) is 0 Å². The Kier molecular flexibility index (Phi) is 7.06. The van der Waals surface area contributed by atoms with Crippen molar-refractivity contribution in [2.24, 2.45) is 0 Å². The lowest BCUT2D eigenvalue weighted by Crippen LogP contribution is -2.44. The third-order valence-electron chi connectivity index (χ3n) is 3.88. The highest BCUT2D eigenvalue weighted by atomic mass is 15.2. The second kappa shape index (κ2) is 8.08. The van der Waals surface area contributed by atoms with Crippen molar-refractivity contribution in [2.45, 2.75) is 71.4 Å². The Morgan fingerprint density at radius 2 is 1.88 bits per heavy atom. The molecule has 1 rings (SSSR count). The molecule has 1 unspecified atom stereocenters. The molecule has 2 nitrogen and oxygen atoms in total. The molecule has 0 aromatic rings. The van der Waals surface area contributed by atoms with Crippen molar-refractivity contribution in [3.05, 3.63) is 0 Å². The molecule has 1 aliphatic rings. The topological polar surface area (TPSA) is 15.3 Å². The molecule has 96 valence electrons. The van der Waals surface area contributed by atoms with Crippen LogP contribution in [-0.4, -0.2) is 36.6 Å². The average molecular weight is 226 g/mol. The van der Waals surface area contributed by atoms with Gasteiger partial charge in [0.1, 0.15) is 0 Å². The van der Waals surface area contributed by atoms with Gasteiger partial charge in [-0.1, -0.05) is 33.6 Å². The molecule has 0 aliphatic heterocycles. The molecule has 1 atom stereocenters. The van der Waals surface area contributed by atoms with E-state index in [4.69, 9.17) is 0 Å². The van der Waals surface area contributed by atoms with Crippen LogP contribution in [0.5, 0.6) is 0 Å². The first kappa shape index (κ1) is 14.0. The van der Waals surface area contributed by atoms with Crippen molar-refractivity contribution < 1.29 is 0 Å². The van der Waals surface area contributed by atoms with Gasteiger partial charge in [0.2, 0.25) is 0 Å². The molecule has 2 heteroatoms. The highest BCUT2D eigenvalue weighted by Crippen LogP contribution is 2.23. The summed E-state index contributed by atoms with van der Waals surface area (Å²) >= 11 is 0. The summed E-state index contributed by atoms with van der Waals surface area (Å²) in [6.45, 7) is 10.5. The molecule has 1 aliphatic carbocycles. The lowest BCUT2D eigenvalue weighted by Gasteiger charge is -2.31. The molecule has 0 radical (unpaired) electrons. The van der Waals surface area contributed by atoms with Gasteiger partial charge in [0.05, 0.1) is 0 Å². The molecule has 1 fully saturated rings. The van der Waals surface area contributed by atoms with Gasteiger partial charge in [0.15, 0.2) is 0 Å². The van der Waals surface area contributed by atoms with Crippen LogP contribution in [0.15, 0.2) is 0 Å². The molecule has 0 aromatic heterocycles. The number of likely N-dealkylation sites (N-methyl/N-ethyl adjacent to an activating group) is 1. The monoisotopic (exact) mass is 226 g/mol. The van der Waals surface area contributed by atoms with Gasteiger partial charge < -0.3 is 5.32 Å². The minimum absolute atomic E-state index is 0.695. The zero-order valence-electron chi connectivity index (χ0n) is 11.5. The van der Waals surface area contributed by atoms with Crippen molar-refractivity contribution in [3.8, 4) is 0 Å². The number of nitrogens with zero attached hydrogens (tertiary/aromatic N) is 1. The lowest BCUT2D eigenvalue weighted by molar-refractivity contribution is 0.184. The Morgan fingerprint density at radius 3 is 2.38 bits per heavy atom. The Hall–Kier alpha value is -0.0800. The van der Waals surface area contributed by atoms with Gasteiger partial charge in [-0.2, -0.15) is 0 Å². The Morgan fingerprint density at radius 1 is 1.19 bits per heavy atom. The summed E-state index contributed by atoms with van der Waals surface area (Å²) in [7, 11) is 0. The van der Waals surface area contributed by atoms with Crippen LogP contribution in [-0.2, 0) is 0 Å². The van der Waals surface area contributed by atoms with E-state index in [1.165, 1.54) is 58.2 Å². The highest BCUT2D eigenvalue weighted by molar-refractivity contribution is 4.80. The fraction of sp³-hybridized carbons (Fsp3) is 1.00. The van der Waals surface area contributed by atoms with Crippen LogP contribution in [0.1, 0.15) is 59.3 Å².